The number of aromatic nitrogens is 2. The maximum absolute atomic E-state index is 13.0. The van der Waals surface area contributed by atoms with E-state index in [0.29, 0.717) is 5.69 Å². The number of anilines is 1. The van der Waals surface area contributed by atoms with Crippen LogP contribution in [0.15, 0.2) is 66.7 Å². The number of rotatable bonds is 3. The number of fused-ring (bicyclic) bond motifs is 1. The second-order valence-electron chi connectivity index (χ2n) is 6.34. The SMILES string of the molecule is O=C(Nc1ccc(Cl)c(C(F)(F)F)c1)c1cc(-c2cccc3ccccc23)n[nH]1. The number of alkyl halides is 3. The highest BCUT2D eigenvalue weighted by molar-refractivity contribution is 6.31. The van der Waals surface area contributed by atoms with E-state index in [1.807, 2.05) is 42.5 Å². The lowest BCUT2D eigenvalue weighted by atomic mass is 10.0. The summed E-state index contributed by atoms with van der Waals surface area (Å²) in [7, 11) is 0. The molecule has 0 aliphatic heterocycles. The van der Waals surface area contributed by atoms with Gasteiger partial charge < -0.3 is 5.32 Å². The Kier molecular flexibility index (Phi) is 4.76. The van der Waals surface area contributed by atoms with E-state index in [1.54, 1.807) is 6.07 Å². The van der Waals surface area contributed by atoms with Crippen LogP contribution in [0.1, 0.15) is 16.1 Å². The van der Waals surface area contributed by atoms with Crippen LogP contribution in [0, 0.1) is 0 Å². The predicted molar refractivity (Wildman–Crippen MR) is 106 cm³/mol. The first-order valence-electron chi connectivity index (χ1n) is 8.54. The number of amides is 1. The first-order valence-corrected chi connectivity index (χ1v) is 8.92. The molecule has 0 aliphatic rings. The average molecular weight is 416 g/mol. The summed E-state index contributed by atoms with van der Waals surface area (Å²) >= 11 is 5.60. The van der Waals surface area contributed by atoms with Crippen LogP contribution in [0.3, 0.4) is 0 Å². The molecule has 4 rings (SSSR count). The zero-order valence-corrected chi connectivity index (χ0v) is 15.5. The summed E-state index contributed by atoms with van der Waals surface area (Å²) in [4.78, 5) is 12.5. The monoisotopic (exact) mass is 415 g/mol. The molecular weight excluding hydrogens is 403 g/mol. The van der Waals surface area contributed by atoms with Crippen molar-refractivity contribution >= 4 is 34.0 Å². The summed E-state index contributed by atoms with van der Waals surface area (Å²) in [5.41, 5.74) is 0.478. The molecule has 0 aliphatic carbocycles. The first kappa shape index (κ1) is 19.0. The van der Waals surface area contributed by atoms with Crippen LogP contribution >= 0.6 is 11.6 Å². The molecule has 1 heterocycles. The van der Waals surface area contributed by atoms with Crippen molar-refractivity contribution in [3.8, 4) is 11.3 Å². The van der Waals surface area contributed by atoms with Crippen molar-refractivity contribution < 1.29 is 18.0 Å². The van der Waals surface area contributed by atoms with E-state index in [2.05, 4.69) is 15.5 Å². The van der Waals surface area contributed by atoms with Gasteiger partial charge in [0.15, 0.2) is 0 Å². The standard InChI is InChI=1S/C21H13ClF3N3O/c22-17-9-8-13(10-16(17)21(23,24)25)26-20(29)19-11-18(27-28-19)15-7-3-5-12-4-1-2-6-14(12)15/h1-11H,(H,26,29)(H,27,28). The average Bonchev–Trinajstić information content (AvgIpc) is 3.18. The second kappa shape index (κ2) is 7.25. The van der Waals surface area contributed by atoms with Crippen molar-refractivity contribution in [1.29, 1.82) is 0 Å². The second-order valence-corrected chi connectivity index (χ2v) is 6.75. The van der Waals surface area contributed by atoms with Gasteiger partial charge >= 0.3 is 6.18 Å². The Morgan fingerprint density at radius 2 is 1.76 bits per heavy atom. The lowest BCUT2D eigenvalue weighted by Gasteiger charge is -2.11. The summed E-state index contributed by atoms with van der Waals surface area (Å²) in [6.07, 6.45) is -4.62. The molecule has 0 unspecified atom stereocenters. The van der Waals surface area contributed by atoms with Crippen molar-refractivity contribution in [2.75, 3.05) is 5.32 Å². The number of aromatic amines is 1. The third-order valence-electron chi connectivity index (χ3n) is 4.42. The van der Waals surface area contributed by atoms with Crippen molar-refractivity contribution in [3.05, 3.63) is 83.0 Å². The van der Waals surface area contributed by atoms with E-state index in [9.17, 15) is 18.0 Å². The number of hydrogen-bond donors (Lipinski definition) is 2. The van der Waals surface area contributed by atoms with Gasteiger partial charge in [-0.1, -0.05) is 54.1 Å². The van der Waals surface area contributed by atoms with Crippen LogP contribution in [-0.2, 0) is 6.18 Å². The highest BCUT2D eigenvalue weighted by Gasteiger charge is 2.33. The Balaban J connectivity index is 1.61. The Bertz CT molecular complexity index is 1210. The third-order valence-corrected chi connectivity index (χ3v) is 4.75. The number of H-pyrrole nitrogens is 1. The Morgan fingerprint density at radius 3 is 2.55 bits per heavy atom. The smallest absolute Gasteiger partial charge is 0.321 e. The van der Waals surface area contributed by atoms with E-state index in [0.717, 1.165) is 28.5 Å². The predicted octanol–water partition coefficient (Wildman–Crippen LogP) is 6.15. The number of benzene rings is 3. The van der Waals surface area contributed by atoms with Crippen LogP contribution in [0.25, 0.3) is 22.0 Å². The Hall–Kier alpha value is -3.32. The van der Waals surface area contributed by atoms with Gasteiger partial charge in [0.25, 0.3) is 5.91 Å². The zero-order valence-electron chi connectivity index (χ0n) is 14.7. The molecule has 146 valence electrons. The molecule has 2 N–H and O–H groups in total. The fraction of sp³-hybridized carbons (Fsp3) is 0.0476. The molecule has 0 atom stereocenters. The van der Waals surface area contributed by atoms with Gasteiger partial charge in [0, 0.05) is 11.3 Å². The van der Waals surface area contributed by atoms with Crippen LogP contribution in [0.5, 0.6) is 0 Å². The lowest BCUT2D eigenvalue weighted by Crippen LogP contribution is -2.14. The first-order chi connectivity index (χ1) is 13.8. The molecule has 1 amide bonds. The van der Waals surface area contributed by atoms with Crippen molar-refractivity contribution in [2.45, 2.75) is 6.18 Å². The highest BCUT2D eigenvalue weighted by Crippen LogP contribution is 2.36. The quantitative estimate of drug-likeness (QED) is 0.421. The fourth-order valence-electron chi connectivity index (χ4n) is 3.04. The largest absolute Gasteiger partial charge is 0.417 e. The van der Waals surface area contributed by atoms with Crippen LogP contribution in [0.4, 0.5) is 18.9 Å². The normalized spacial score (nSPS) is 11.6. The van der Waals surface area contributed by atoms with Crippen LogP contribution in [0.2, 0.25) is 5.02 Å². The highest BCUT2D eigenvalue weighted by atomic mass is 35.5. The molecular formula is C21H13ClF3N3O. The Labute approximate surface area is 168 Å². The fourth-order valence-corrected chi connectivity index (χ4v) is 3.27. The van der Waals surface area contributed by atoms with Crippen LogP contribution < -0.4 is 5.32 Å². The summed E-state index contributed by atoms with van der Waals surface area (Å²) in [5.74, 6) is -0.612. The summed E-state index contributed by atoms with van der Waals surface area (Å²) in [6, 6.07) is 18.2. The van der Waals surface area contributed by atoms with Crippen molar-refractivity contribution in [3.63, 3.8) is 0 Å². The molecule has 0 spiro atoms. The zero-order chi connectivity index (χ0) is 20.6. The topological polar surface area (TPSA) is 57.8 Å². The van der Waals surface area contributed by atoms with E-state index >= 15 is 0 Å². The van der Waals surface area contributed by atoms with Gasteiger partial charge in [-0.2, -0.15) is 18.3 Å². The Morgan fingerprint density at radius 1 is 1.00 bits per heavy atom. The van der Waals surface area contributed by atoms with Crippen LogP contribution in [-0.4, -0.2) is 16.1 Å². The molecule has 0 bridgehead atoms. The molecule has 8 heteroatoms. The number of carbonyl (C=O) groups excluding carboxylic acids is 1. The van der Waals surface area contributed by atoms with E-state index in [4.69, 9.17) is 11.6 Å². The third kappa shape index (κ3) is 3.82. The molecule has 4 nitrogen and oxygen atoms in total. The number of nitrogens with one attached hydrogen (secondary N) is 2. The molecule has 29 heavy (non-hydrogen) atoms. The van der Waals surface area contributed by atoms with E-state index in [1.165, 1.54) is 6.07 Å². The van der Waals surface area contributed by atoms with Gasteiger partial charge in [-0.3, -0.25) is 9.89 Å². The van der Waals surface area contributed by atoms with Gasteiger partial charge in [0.2, 0.25) is 0 Å². The van der Waals surface area contributed by atoms with Gasteiger partial charge in [0.1, 0.15) is 5.69 Å². The number of nitrogens with zero attached hydrogens (tertiary/aromatic N) is 1. The van der Waals surface area contributed by atoms with Gasteiger partial charge in [-0.05, 0) is 35.0 Å². The van der Waals surface area contributed by atoms with Gasteiger partial charge in [-0.15, -0.1) is 0 Å². The maximum atomic E-state index is 13.0. The molecule has 0 saturated heterocycles. The minimum absolute atomic E-state index is 0.0203. The van der Waals surface area contributed by atoms with Crippen molar-refractivity contribution in [1.82, 2.24) is 10.2 Å². The minimum Gasteiger partial charge on any atom is -0.321 e. The van der Waals surface area contributed by atoms with Crippen molar-refractivity contribution in [2.24, 2.45) is 0 Å². The molecule has 0 saturated carbocycles. The number of halogens is 4. The minimum atomic E-state index is -4.62. The van der Waals surface area contributed by atoms with Gasteiger partial charge in [-0.25, -0.2) is 0 Å². The molecule has 4 aromatic rings. The molecule has 1 aromatic heterocycles. The number of carbonyl (C=O) groups is 1. The lowest BCUT2D eigenvalue weighted by molar-refractivity contribution is -0.137. The summed E-state index contributed by atoms with van der Waals surface area (Å²) < 4.78 is 39.0. The summed E-state index contributed by atoms with van der Waals surface area (Å²) in [5, 5.41) is 10.8. The molecule has 3 aromatic carbocycles. The summed E-state index contributed by atoms with van der Waals surface area (Å²) in [6.45, 7) is 0. The number of hydrogen-bond acceptors (Lipinski definition) is 2. The maximum Gasteiger partial charge on any atom is 0.417 e. The van der Waals surface area contributed by atoms with E-state index < -0.39 is 22.7 Å². The molecule has 0 fully saturated rings. The van der Waals surface area contributed by atoms with Gasteiger partial charge in [0.05, 0.1) is 16.3 Å². The molecule has 0 radical (unpaired) electrons. The van der Waals surface area contributed by atoms with E-state index in [-0.39, 0.29) is 11.4 Å².